The predicted octanol–water partition coefficient (Wildman–Crippen LogP) is 1.60. The molecule has 2 N–H and O–H groups in total. The van der Waals surface area contributed by atoms with Gasteiger partial charge < -0.3 is 20.1 Å². The molecule has 1 aromatic rings. The lowest BCUT2D eigenvalue weighted by molar-refractivity contribution is 0.0525. The number of nitrogens with two attached hydrogens (primary N) is 1. The van der Waals surface area contributed by atoms with E-state index >= 15 is 0 Å². The van der Waals surface area contributed by atoms with Crippen molar-refractivity contribution in [2.24, 2.45) is 0 Å². The number of aromatic nitrogens is 2. The lowest BCUT2D eigenvalue weighted by atomic mass is 10.1. The van der Waals surface area contributed by atoms with Gasteiger partial charge >= 0.3 is 0 Å². The molecule has 0 saturated carbocycles. The average molecular weight is 280 g/mol. The monoisotopic (exact) mass is 280 g/mol. The Morgan fingerprint density at radius 1 is 1.35 bits per heavy atom. The van der Waals surface area contributed by atoms with Gasteiger partial charge in [-0.1, -0.05) is 0 Å². The van der Waals surface area contributed by atoms with Crippen LogP contribution in [-0.2, 0) is 16.1 Å². The second kappa shape index (κ2) is 7.40. The average Bonchev–Trinajstić information content (AvgIpc) is 2.45. The molecule has 0 amide bonds. The maximum Gasteiger partial charge on any atom is 0.158 e. The van der Waals surface area contributed by atoms with E-state index in [-0.39, 0.29) is 6.10 Å². The van der Waals surface area contributed by atoms with Gasteiger partial charge in [0, 0.05) is 32.4 Å². The van der Waals surface area contributed by atoms with Gasteiger partial charge in [0.2, 0.25) is 0 Å². The van der Waals surface area contributed by atoms with Crippen molar-refractivity contribution in [3.05, 3.63) is 11.9 Å². The van der Waals surface area contributed by atoms with E-state index in [1.807, 2.05) is 19.9 Å². The minimum absolute atomic E-state index is 0.278. The topological polar surface area (TPSA) is 73.5 Å². The van der Waals surface area contributed by atoms with Crippen LogP contribution in [0.5, 0.6) is 0 Å². The molecule has 6 nitrogen and oxygen atoms in total. The third-order valence-electron chi connectivity index (χ3n) is 3.32. The summed E-state index contributed by atoms with van der Waals surface area (Å²) in [6.45, 7) is 7.61. The maximum absolute atomic E-state index is 5.87. The molecule has 0 spiro atoms. The molecule has 1 atom stereocenters. The van der Waals surface area contributed by atoms with Crippen molar-refractivity contribution in [2.75, 3.05) is 36.9 Å². The molecular weight excluding hydrogens is 256 g/mol. The van der Waals surface area contributed by atoms with E-state index in [1.165, 1.54) is 0 Å². The normalized spacial score (nSPS) is 19.3. The van der Waals surface area contributed by atoms with Crippen LogP contribution in [0.1, 0.15) is 32.5 Å². The van der Waals surface area contributed by atoms with Crippen LogP contribution in [-0.4, -0.2) is 42.4 Å². The summed E-state index contributed by atoms with van der Waals surface area (Å²) in [5, 5.41) is 0. The molecule has 0 radical (unpaired) electrons. The van der Waals surface area contributed by atoms with E-state index in [0.29, 0.717) is 24.9 Å². The van der Waals surface area contributed by atoms with Crippen LogP contribution < -0.4 is 10.6 Å². The third kappa shape index (κ3) is 4.05. The Balaban J connectivity index is 2.08. The lowest BCUT2D eigenvalue weighted by Crippen LogP contribution is -2.40. The van der Waals surface area contributed by atoms with Crippen LogP contribution >= 0.6 is 0 Å². The fourth-order valence-corrected chi connectivity index (χ4v) is 2.44. The van der Waals surface area contributed by atoms with Gasteiger partial charge in [-0.15, -0.1) is 0 Å². The second-order valence-corrected chi connectivity index (χ2v) is 4.87. The van der Waals surface area contributed by atoms with Crippen LogP contribution in [0.15, 0.2) is 6.07 Å². The van der Waals surface area contributed by atoms with Crippen molar-refractivity contribution in [2.45, 2.75) is 39.4 Å². The van der Waals surface area contributed by atoms with Gasteiger partial charge in [-0.2, -0.15) is 0 Å². The molecule has 1 aliphatic rings. The number of hydrogen-bond acceptors (Lipinski definition) is 6. The summed E-state index contributed by atoms with van der Waals surface area (Å²) in [6, 6.07) is 1.82. The summed E-state index contributed by atoms with van der Waals surface area (Å²) in [7, 11) is 0. The molecule has 1 aliphatic heterocycles. The van der Waals surface area contributed by atoms with Crippen molar-refractivity contribution >= 4 is 11.6 Å². The molecule has 0 aromatic carbocycles. The van der Waals surface area contributed by atoms with Crippen LogP contribution in [0, 0.1) is 0 Å². The summed E-state index contributed by atoms with van der Waals surface area (Å²) in [5.74, 6) is 2.00. The zero-order valence-corrected chi connectivity index (χ0v) is 12.3. The number of ether oxygens (including phenoxy) is 2. The highest BCUT2D eigenvalue weighted by Gasteiger charge is 2.21. The van der Waals surface area contributed by atoms with Crippen molar-refractivity contribution in [1.82, 2.24) is 9.97 Å². The van der Waals surface area contributed by atoms with Crippen LogP contribution in [0.25, 0.3) is 0 Å². The molecular formula is C14H24N4O2. The van der Waals surface area contributed by atoms with Gasteiger partial charge in [0.05, 0.1) is 6.10 Å². The molecule has 20 heavy (non-hydrogen) atoms. The van der Waals surface area contributed by atoms with E-state index in [9.17, 15) is 0 Å². The van der Waals surface area contributed by atoms with Crippen LogP contribution in [0.4, 0.5) is 11.6 Å². The summed E-state index contributed by atoms with van der Waals surface area (Å²) < 4.78 is 11.1. The fourth-order valence-electron chi connectivity index (χ4n) is 2.44. The van der Waals surface area contributed by atoms with E-state index in [2.05, 4.69) is 14.9 Å². The van der Waals surface area contributed by atoms with Gasteiger partial charge in [-0.05, 0) is 26.7 Å². The van der Waals surface area contributed by atoms with Crippen LogP contribution in [0.3, 0.4) is 0 Å². The van der Waals surface area contributed by atoms with E-state index in [1.54, 1.807) is 0 Å². The highest BCUT2D eigenvalue weighted by Crippen LogP contribution is 2.21. The van der Waals surface area contributed by atoms with Gasteiger partial charge in [0.15, 0.2) is 5.82 Å². The Bertz CT molecular complexity index is 426. The molecule has 0 aliphatic carbocycles. The van der Waals surface area contributed by atoms with Crippen molar-refractivity contribution in [1.29, 1.82) is 0 Å². The Morgan fingerprint density at radius 3 is 2.95 bits per heavy atom. The minimum Gasteiger partial charge on any atom is -0.384 e. The first-order valence-corrected chi connectivity index (χ1v) is 7.30. The van der Waals surface area contributed by atoms with Gasteiger partial charge in [0.1, 0.15) is 18.2 Å². The molecule has 0 bridgehead atoms. The van der Waals surface area contributed by atoms with Crippen molar-refractivity contribution in [3.8, 4) is 0 Å². The van der Waals surface area contributed by atoms with Gasteiger partial charge in [-0.3, -0.25) is 0 Å². The summed E-state index contributed by atoms with van der Waals surface area (Å²) in [4.78, 5) is 11.0. The van der Waals surface area contributed by atoms with Gasteiger partial charge in [-0.25, -0.2) is 9.97 Å². The Kier molecular flexibility index (Phi) is 5.55. The second-order valence-electron chi connectivity index (χ2n) is 4.87. The minimum atomic E-state index is 0.278. The van der Waals surface area contributed by atoms with E-state index < -0.39 is 0 Å². The number of nitrogens with zero attached hydrogens (tertiary/aromatic N) is 3. The SMILES string of the molecule is CCOCc1nc(N)cc(N2CCCC(OCC)C2)n1. The molecule has 1 unspecified atom stereocenters. The first-order chi connectivity index (χ1) is 9.72. The molecule has 2 heterocycles. The van der Waals surface area contributed by atoms with Gasteiger partial charge in [0.25, 0.3) is 0 Å². The smallest absolute Gasteiger partial charge is 0.158 e. The molecule has 6 heteroatoms. The fraction of sp³-hybridized carbons (Fsp3) is 0.714. The molecule has 1 fully saturated rings. The largest absolute Gasteiger partial charge is 0.384 e. The van der Waals surface area contributed by atoms with E-state index in [4.69, 9.17) is 15.2 Å². The van der Waals surface area contributed by atoms with Crippen molar-refractivity contribution in [3.63, 3.8) is 0 Å². The quantitative estimate of drug-likeness (QED) is 0.853. The summed E-state index contributed by atoms with van der Waals surface area (Å²) in [6.07, 6.45) is 2.49. The lowest BCUT2D eigenvalue weighted by Gasteiger charge is -2.33. The number of anilines is 2. The Labute approximate surface area is 120 Å². The van der Waals surface area contributed by atoms with Crippen LogP contribution in [0.2, 0.25) is 0 Å². The number of rotatable bonds is 6. The zero-order valence-electron chi connectivity index (χ0n) is 12.3. The number of piperidine rings is 1. The summed E-state index contributed by atoms with van der Waals surface area (Å²) >= 11 is 0. The standard InChI is InChI=1S/C14H24N4O2/c1-3-19-10-13-16-12(15)8-14(17-13)18-7-5-6-11(9-18)20-4-2/h8,11H,3-7,9-10H2,1-2H3,(H2,15,16,17). The molecule has 1 aromatic heterocycles. The highest BCUT2D eigenvalue weighted by atomic mass is 16.5. The summed E-state index contributed by atoms with van der Waals surface area (Å²) in [5.41, 5.74) is 5.87. The van der Waals surface area contributed by atoms with Crippen molar-refractivity contribution < 1.29 is 9.47 Å². The predicted molar refractivity (Wildman–Crippen MR) is 78.6 cm³/mol. The first kappa shape index (κ1) is 15.0. The highest BCUT2D eigenvalue weighted by molar-refractivity contribution is 5.47. The molecule has 112 valence electrons. The molecule has 2 rings (SSSR count). The van der Waals surface area contributed by atoms with E-state index in [0.717, 1.165) is 38.4 Å². The third-order valence-corrected chi connectivity index (χ3v) is 3.32. The Hall–Kier alpha value is -1.40. The Morgan fingerprint density at radius 2 is 2.20 bits per heavy atom. The number of nitrogen functional groups attached to an aromatic ring is 1. The maximum atomic E-state index is 5.87. The number of hydrogen-bond donors (Lipinski definition) is 1. The molecule has 1 saturated heterocycles. The zero-order chi connectivity index (χ0) is 14.4. The first-order valence-electron chi connectivity index (χ1n) is 7.30.